The molecule has 1 aromatic rings. The molecule has 0 aliphatic carbocycles. The van der Waals surface area contributed by atoms with E-state index in [1.807, 2.05) is 12.1 Å². The van der Waals surface area contributed by atoms with Gasteiger partial charge < -0.3 is 9.47 Å². The Hall–Kier alpha value is -0.890. The van der Waals surface area contributed by atoms with Crippen molar-refractivity contribution in [2.45, 2.75) is 26.2 Å². The van der Waals surface area contributed by atoms with Gasteiger partial charge in [-0.15, -0.1) is 0 Å². The van der Waals surface area contributed by atoms with Crippen molar-refractivity contribution in [2.75, 3.05) is 14.2 Å². The lowest BCUT2D eigenvalue weighted by molar-refractivity contribution is 0.345. The molecule has 0 amide bonds. The number of hydrogen-bond donors (Lipinski definition) is 0. The lowest BCUT2D eigenvalue weighted by atomic mass is 9.86. The van der Waals surface area contributed by atoms with Crippen molar-refractivity contribution >= 4 is 11.6 Å². The minimum atomic E-state index is -0.0725. The van der Waals surface area contributed by atoms with Crippen molar-refractivity contribution in [3.63, 3.8) is 0 Å². The summed E-state index contributed by atoms with van der Waals surface area (Å²) in [7, 11) is 3.25. The molecule has 3 heteroatoms. The fraction of sp³-hybridized carbons (Fsp3) is 0.500. The van der Waals surface area contributed by atoms with Crippen LogP contribution in [0.5, 0.6) is 11.5 Å². The van der Waals surface area contributed by atoms with Crippen molar-refractivity contribution in [1.82, 2.24) is 0 Å². The maximum Gasteiger partial charge on any atom is 0.165 e. The van der Waals surface area contributed by atoms with Crippen molar-refractivity contribution in [3.05, 3.63) is 22.7 Å². The predicted molar refractivity (Wildman–Crippen MR) is 63.3 cm³/mol. The number of benzene rings is 1. The second kappa shape index (κ2) is 4.31. The molecule has 0 unspecified atom stereocenters. The molecule has 0 fully saturated rings. The van der Waals surface area contributed by atoms with E-state index in [9.17, 15) is 0 Å². The Labute approximate surface area is 96.2 Å². The Morgan fingerprint density at radius 2 is 1.67 bits per heavy atom. The largest absolute Gasteiger partial charge is 0.493 e. The van der Waals surface area contributed by atoms with Gasteiger partial charge in [-0.2, -0.15) is 0 Å². The van der Waals surface area contributed by atoms with E-state index < -0.39 is 0 Å². The standard InChI is InChI=1S/C12H17ClO2/c1-12(2,3)10-8(13)6-7-9(14-4)11(10)15-5/h6-7H,1-5H3. The van der Waals surface area contributed by atoms with Crippen molar-refractivity contribution in [3.8, 4) is 11.5 Å². The van der Waals surface area contributed by atoms with Gasteiger partial charge in [0.15, 0.2) is 11.5 Å². The van der Waals surface area contributed by atoms with Crippen LogP contribution in [-0.4, -0.2) is 14.2 Å². The first-order valence-corrected chi connectivity index (χ1v) is 5.20. The van der Waals surface area contributed by atoms with Crippen molar-refractivity contribution in [1.29, 1.82) is 0 Å². The Balaban J connectivity index is 3.46. The van der Waals surface area contributed by atoms with Gasteiger partial charge in [-0.05, 0) is 17.5 Å². The third-order valence-electron chi connectivity index (χ3n) is 2.24. The number of rotatable bonds is 2. The van der Waals surface area contributed by atoms with Crippen LogP contribution in [0, 0.1) is 0 Å². The third kappa shape index (κ3) is 2.37. The zero-order valence-corrected chi connectivity index (χ0v) is 10.6. The Kier molecular flexibility index (Phi) is 3.50. The Morgan fingerprint density at radius 3 is 2.07 bits per heavy atom. The highest BCUT2D eigenvalue weighted by Crippen LogP contribution is 2.42. The zero-order chi connectivity index (χ0) is 11.6. The van der Waals surface area contributed by atoms with E-state index in [0.29, 0.717) is 10.8 Å². The van der Waals surface area contributed by atoms with Crippen LogP contribution in [0.1, 0.15) is 26.3 Å². The minimum absolute atomic E-state index is 0.0725. The van der Waals surface area contributed by atoms with Gasteiger partial charge in [-0.25, -0.2) is 0 Å². The Morgan fingerprint density at radius 1 is 1.07 bits per heavy atom. The van der Waals surface area contributed by atoms with E-state index in [2.05, 4.69) is 20.8 Å². The van der Waals surface area contributed by atoms with Gasteiger partial charge in [0.05, 0.1) is 14.2 Å². The van der Waals surface area contributed by atoms with Gasteiger partial charge in [0.25, 0.3) is 0 Å². The third-order valence-corrected chi connectivity index (χ3v) is 2.56. The Bertz CT molecular complexity index is 353. The summed E-state index contributed by atoms with van der Waals surface area (Å²) in [5.74, 6) is 1.43. The molecule has 84 valence electrons. The molecule has 0 aliphatic heterocycles. The molecular weight excluding hydrogens is 212 g/mol. The summed E-state index contributed by atoms with van der Waals surface area (Å²) in [4.78, 5) is 0. The number of ether oxygens (including phenoxy) is 2. The average molecular weight is 229 g/mol. The SMILES string of the molecule is COc1ccc(Cl)c(C(C)(C)C)c1OC. The second-order valence-electron chi connectivity index (χ2n) is 4.41. The van der Waals surface area contributed by atoms with E-state index in [1.54, 1.807) is 14.2 Å². The van der Waals surface area contributed by atoms with Gasteiger partial charge >= 0.3 is 0 Å². The summed E-state index contributed by atoms with van der Waals surface area (Å²) in [6.45, 7) is 6.28. The minimum Gasteiger partial charge on any atom is -0.493 e. The molecule has 2 nitrogen and oxygen atoms in total. The number of halogens is 1. The first-order chi connectivity index (χ1) is 6.91. The van der Waals surface area contributed by atoms with Crippen LogP contribution in [-0.2, 0) is 5.41 Å². The summed E-state index contributed by atoms with van der Waals surface area (Å²) in [5.41, 5.74) is 0.905. The molecule has 0 aliphatic rings. The van der Waals surface area contributed by atoms with Gasteiger partial charge in [-0.3, -0.25) is 0 Å². The quantitative estimate of drug-likeness (QED) is 0.769. The van der Waals surface area contributed by atoms with Crippen LogP contribution >= 0.6 is 11.6 Å². The molecule has 1 aromatic carbocycles. The fourth-order valence-electron chi connectivity index (χ4n) is 1.60. The second-order valence-corrected chi connectivity index (χ2v) is 4.82. The van der Waals surface area contributed by atoms with Gasteiger partial charge in [-0.1, -0.05) is 32.4 Å². The topological polar surface area (TPSA) is 18.5 Å². The van der Waals surface area contributed by atoms with Crippen LogP contribution in [0.25, 0.3) is 0 Å². The first kappa shape index (κ1) is 12.2. The predicted octanol–water partition coefficient (Wildman–Crippen LogP) is 3.65. The van der Waals surface area contributed by atoms with E-state index in [-0.39, 0.29) is 5.41 Å². The molecule has 0 saturated carbocycles. The molecule has 0 heterocycles. The summed E-state index contributed by atoms with van der Waals surface area (Å²) < 4.78 is 10.6. The van der Waals surface area contributed by atoms with Gasteiger partial charge in [0.1, 0.15) is 0 Å². The van der Waals surface area contributed by atoms with Crippen molar-refractivity contribution in [2.24, 2.45) is 0 Å². The van der Waals surface area contributed by atoms with Gasteiger partial charge in [0, 0.05) is 10.6 Å². The van der Waals surface area contributed by atoms with E-state index in [0.717, 1.165) is 11.3 Å². The van der Waals surface area contributed by atoms with Crippen LogP contribution in [0.15, 0.2) is 12.1 Å². The molecule has 1 rings (SSSR count). The monoisotopic (exact) mass is 228 g/mol. The van der Waals surface area contributed by atoms with Crippen LogP contribution < -0.4 is 9.47 Å². The van der Waals surface area contributed by atoms with E-state index in [4.69, 9.17) is 21.1 Å². The maximum absolute atomic E-state index is 6.19. The van der Waals surface area contributed by atoms with Crippen LogP contribution in [0.2, 0.25) is 5.02 Å². The summed E-state index contributed by atoms with van der Waals surface area (Å²) in [5, 5.41) is 0.708. The number of methoxy groups -OCH3 is 2. The summed E-state index contributed by atoms with van der Waals surface area (Å²) in [6.07, 6.45) is 0. The molecule has 0 aromatic heterocycles. The van der Waals surface area contributed by atoms with Gasteiger partial charge in [0.2, 0.25) is 0 Å². The lowest BCUT2D eigenvalue weighted by Gasteiger charge is -2.24. The van der Waals surface area contributed by atoms with Crippen molar-refractivity contribution < 1.29 is 9.47 Å². The highest BCUT2D eigenvalue weighted by molar-refractivity contribution is 6.31. The number of hydrogen-bond acceptors (Lipinski definition) is 2. The molecule has 0 bridgehead atoms. The maximum atomic E-state index is 6.19. The molecule has 0 radical (unpaired) electrons. The molecular formula is C12H17ClO2. The normalized spacial score (nSPS) is 11.3. The molecule has 0 saturated heterocycles. The molecule has 15 heavy (non-hydrogen) atoms. The summed E-state index contributed by atoms with van der Waals surface area (Å²) in [6, 6.07) is 3.65. The lowest BCUT2D eigenvalue weighted by Crippen LogP contribution is -2.14. The smallest absolute Gasteiger partial charge is 0.165 e. The average Bonchev–Trinajstić information content (AvgIpc) is 2.15. The molecule has 0 spiro atoms. The highest BCUT2D eigenvalue weighted by atomic mass is 35.5. The fourth-order valence-corrected chi connectivity index (χ4v) is 2.03. The zero-order valence-electron chi connectivity index (χ0n) is 9.85. The van der Waals surface area contributed by atoms with Crippen LogP contribution in [0.4, 0.5) is 0 Å². The van der Waals surface area contributed by atoms with E-state index in [1.165, 1.54) is 0 Å². The highest BCUT2D eigenvalue weighted by Gasteiger charge is 2.24. The first-order valence-electron chi connectivity index (χ1n) is 4.82. The van der Waals surface area contributed by atoms with Crippen LogP contribution in [0.3, 0.4) is 0 Å². The summed E-state index contributed by atoms with van der Waals surface area (Å²) >= 11 is 6.19. The molecule has 0 atom stereocenters. The molecule has 0 N–H and O–H groups in total. The van der Waals surface area contributed by atoms with E-state index >= 15 is 0 Å².